The number of aliphatic imine (C=N–C) groups is 1. The molecule has 0 bridgehead atoms. The van der Waals surface area contributed by atoms with Crippen LogP contribution >= 0.6 is 0 Å². The smallest absolute Gasteiger partial charge is 0.274 e. The first-order valence-electron chi connectivity index (χ1n) is 7.90. The maximum absolute atomic E-state index is 12.5. The lowest BCUT2D eigenvalue weighted by Crippen LogP contribution is -2.50. The molecule has 1 aromatic rings. The standard InChI is InChI=1S/C15H22N6O2/c1-9(2)7-10-8-11(20-19-10)12(22)21-5-3-15(4-6-21)13(23)17-14(16)18-15/h8-9H,3-7H2,1-2H3,(H,19,20)(H3,16,17,18,23). The van der Waals surface area contributed by atoms with Gasteiger partial charge in [-0.2, -0.15) is 5.10 Å². The lowest BCUT2D eigenvalue weighted by atomic mass is 9.88. The van der Waals surface area contributed by atoms with Crippen LogP contribution in [0.3, 0.4) is 0 Å². The number of likely N-dealkylation sites (tertiary alicyclic amines) is 1. The quantitative estimate of drug-likeness (QED) is 0.729. The molecule has 0 radical (unpaired) electrons. The van der Waals surface area contributed by atoms with Crippen LogP contribution in [0, 0.1) is 5.92 Å². The monoisotopic (exact) mass is 318 g/mol. The molecule has 0 atom stereocenters. The number of rotatable bonds is 3. The third kappa shape index (κ3) is 2.93. The maximum atomic E-state index is 12.5. The highest BCUT2D eigenvalue weighted by atomic mass is 16.2. The Kier molecular flexibility index (Phi) is 3.83. The number of nitrogens with zero attached hydrogens (tertiary/aromatic N) is 3. The minimum atomic E-state index is -0.796. The van der Waals surface area contributed by atoms with Gasteiger partial charge in [0.15, 0.2) is 5.96 Å². The summed E-state index contributed by atoms with van der Waals surface area (Å²) in [5, 5.41) is 9.58. The Morgan fingerprint density at radius 3 is 2.70 bits per heavy atom. The molecule has 0 aliphatic carbocycles. The van der Waals surface area contributed by atoms with Crippen molar-refractivity contribution in [3.8, 4) is 0 Å². The maximum Gasteiger partial charge on any atom is 0.274 e. The van der Waals surface area contributed by atoms with E-state index in [4.69, 9.17) is 5.73 Å². The van der Waals surface area contributed by atoms with Crippen molar-refractivity contribution in [2.24, 2.45) is 16.6 Å². The topological polar surface area (TPSA) is 116 Å². The van der Waals surface area contributed by atoms with Crippen molar-refractivity contribution in [3.05, 3.63) is 17.5 Å². The molecule has 1 aromatic heterocycles. The summed E-state index contributed by atoms with van der Waals surface area (Å²) in [6.07, 6.45) is 1.82. The summed E-state index contributed by atoms with van der Waals surface area (Å²) < 4.78 is 0. The Labute approximate surface area is 134 Å². The lowest BCUT2D eigenvalue weighted by Gasteiger charge is -2.35. The zero-order valence-corrected chi connectivity index (χ0v) is 13.4. The molecule has 1 spiro atoms. The predicted molar refractivity (Wildman–Crippen MR) is 84.8 cm³/mol. The van der Waals surface area contributed by atoms with Gasteiger partial charge in [0.2, 0.25) is 0 Å². The van der Waals surface area contributed by atoms with Gasteiger partial charge in [-0.3, -0.25) is 20.0 Å². The van der Waals surface area contributed by atoms with E-state index < -0.39 is 5.54 Å². The van der Waals surface area contributed by atoms with Crippen LogP contribution in [0.2, 0.25) is 0 Å². The van der Waals surface area contributed by atoms with Gasteiger partial charge < -0.3 is 10.6 Å². The van der Waals surface area contributed by atoms with Crippen LogP contribution in [0.1, 0.15) is 42.9 Å². The zero-order valence-electron chi connectivity index (χ0n) is 13.4. The predicted octanol–water partition coefficient (Wildman–Crippen LogP) is 0.0275. The van der Waals surface area contributed by atoms with Gasteiger partial charge in [0.1, 0.15) is 11.2 Å². The van der Waals surface area contributed by atoms with E-state index in [1.807, 2.05) is 6.07 Å². The van der Waals surface area contributed by atoms with E-state index in [9.17, 15) is 9.59 Å². The number of nitrogens with one attached hydrogen (secondary N) is 2. The van der Waals surface area contributed by atoms with E-state index in [-0.39, 0.29) is 17.8 Å². The highest BCUT2D eigenvalue weighted by molar-refractivity contribution is 6.07. The number of hydrogen-bond donors (Lipinski definition) is 3. The molecule has 8 nitrogen and oxygen atoms in total. The SMILES string of the molecule is CC(C)Cc1cc(C(=O)N2CCC3(CC2)N=C(N)NC3=O)n[nH]1. The number of H-pyrrole nitrogens is 1. The van der Waals surface area contributed by atoms with Crippen molar-refractivity contribution in [1.29, 1.82) is 0 Å². The molecule has 3 heterocycles. The summed E-state index contributed by atoms with van der Waals surface area (Å²) in [4.78, 5) is 30.5. The van der Waals surface area contributed by atoms with Crippen LogP contribution in [-0.4, -0.2) is 51.5 Å². The molecule has 23 heavy (non-hydrogen) atoms. The van der Waals surface area contributed by atoms with Crippen molar-refractivity contribution >= 4 is 17.8 Å². The van der Waals surface area contributed by atoms with Crippen molar-refractivity contribution < 1.29 is 9.59 Å². The lowest BCUT2D eigenvalue weighted by molar-refractivity contribution is -0.125. The van der Waals surface area contributed by atoms with E-state index in [2.05, 4.69) is 34.4 Å². The highest BCUT2D eigenvalue weighted by Crippen LogP contribution is 2.29. The number of piperidine rings is 1. The number of amides is 2. The largest absolute Gasteiger partial charge is 0.370 e. The van der Waals surface area contributed by atoms with Gasteiger partial charge in [-0.15, -0.1) is 0 Å². The number of aromatic nitrogens is 2. The molecule has 0 unspecified atom stereocenters. The number of guanidine groups is 1. The summed E-state index contributed by atoms with van der Waals surface area (Å²) >= 11 is 0. The van der Waals surface area contributed by atoms with Crippen molar-refractivity contribution in [1.82, 2.24) is 20.4 Å². The summed E-state index contributed by atoms with van der Waals surface area (Å²) in [5.74, 6) is 0.389. The van der Waals surface area contributed by atoms with Gasteiger partial charge in [-0.25, -0.2) is 4.99 Å². The molecule has 0 aromatic carbocycles. The fourth-order valence-electron chi connectivity index (χ4n) is 3.14. The van der Waals surface area contributed by atoms with Gasteiger partial charge in [-0.05, 0) is 31.2 Å². The highest BCUT2D eigenvalue weighted by Gasteiger charge is 2.46. The molecule has 1 fully saturated rings. The fourth-order valence-corrected chi connectivity index (χ4v) is 3.14. The van der Waals surface area contributed by atoms with Gasteiger partial charge >= 0.3 is 0 Å². The fraction of sp³-hybridized carbons (Fsp3) is 0.600. The van der Waals surface area contributed by atoms with E-state index in [0.717, 1.165) is 12.1 Å². The molecule has 4 N–H and O–H groups in total. The zero-order chi connectivity index (χ0) is 16.6. The van der Waals surface area contributed by atoms with Gasteiger partial charge in [0.05, 0.1) is 0 Å². The average molecular weight is 318 g/mol. The molecule has 3 rings (SSSR count). The Hall–Kier alpha value is -2.38. The summed E-state index contributed by atoms with van der Waals surface area (Å²) in [7, 11) is 0. The van der Waals surface area contributed by atoms with E-state index >= 15 is 0 Å². The first kappa shape index (κ1) is 15.5. The van der Waals surface area contributed by atoms with Gasteiger partial charge in [0, 0.05) is 18.8 Å². The van der Waals surface area contributed by atoms with E-state index in [1.165, 1.54) is 0 Å². The Bertz CT molecular complexity index is 655. The Balaban J connectivity index is 1.64. The minimum absolute atomic E-state index is 0.110. The summed E-state index contributed by atoms with van der Waals surface area (Å²) in [5.41, 5.74) is 6.17. The Morgan fingerprint density at radius 2 is 2.13 bits per heavy atom. The molecule has 1 saturated heterocycles. The minimum Gasteiger partial charge on any atom is -0.370 e. The van der Waals surface area contributed by atoms with Crippen LogP contribution in [-0.2, 0) is 11.2 Å². The third-order valence-electron chi connectivity index (χ3n) is 4.35. The third-order valence-corrected chi connectivity index (χ3v) is 4.35. The van der Waals surface area contributed by atoms with Crippen LogP contribution in [0.5, 0.6) is 0 Å². The van der Waals surface area contributed by atoms with Gasteiger partial charge in [0.25, 0.3) is 11.8 Å². The molecule has 8 heteroatoms. The molecule has 2 aliphatic heterocycles. The van der Waals surface area contributed by atoms with Crippen LogP contribution < -0.4 is 11.1 Å². The summed E-state index contributed by atoms with van der Waals surface area (Å²) in [6.45, 7) is 5.17. The normalized spacial score (nSPS) is 20.0. The van der Waals surface area contributed by atoms with Crippen LogP contribution in [0.25, 0.3) is 0 Å². The van der Waals surface area contributed by atoms with Crippen molar-refractivity contribution in [2.45, 2.75) is 38.6 Å². The number of hydrogen-bond acceptors (Lipinski definition) is 5. The van der Waals surface area contributed by atoms with E-state index in [1.54, 1.807) is 4.90 Å². The first-order valence-corrected chi connectivity index (χ1v) is 7.90. The van der Waals surface area contributed by atoms with Gasteiger partial charge in [-0.1, -0.05) is 13.8 Å². The second kappa shape index (κ2) is 5.68. The second-order valence-corrected chi connectivity index (χ2v) is 6.65. The van der Waals surface area contributed by atoms with Crippen LogP contribution in [0.15, 0.2) is 11.1 Å². The molecule has 2 aliphatic rings. The van der Waals surface area contributed by atoms with Crippen molar-refractivity contribution in [3.63, 3.8) is 0 Å². The number of aromatic amines is 1. The van der Waals surface area contributed by atoms with Crippen LogP contribution in [0.4, 0.5) is 0 Å². The molecule has 124 valence electrons. The molecule has 0 saturated carbocycles. The van der Waals surface area contributed by atoms with E-state index in [0.29, 0.717) is 37.5 Å². The molecule has 2 amide bonds. The van der Waals surface area contributed by atoms with Crippen molar-refractivity contribution in [2.75, 3.05) is 13.1 Å². The Morgan fingerprint density at radius 1 is 1.43 bits per heavy atom. The number of carbonyl (C=O) groups excluding carboxylic acids is 2. The summed E-state index contributed by atoms with van der Waals surface area (Å²) in [6, 6.07) is 1.81. The average Bonchev–Trinajstić information content (AvgIpc) is 3.04. The second-order valence-electron chi connectivity index (χ2n) is 6.65. The molecular weight excluding hydrogens is 296 g/mol. The first-order chi connectivity index (χ1) is 10.9. The number of carbonyl (C=O) groups is 2. The number of nitrogens with two attached hydrogens (primary N) is 1. The molecular formula is C15H22N6O2.